The first-order chi connectivity index (χ1) is 8.60. The second-order valence-electron chi connectivity index (χ2n) is 4.36. The molecule has 0 aliphatic rings. The molecule has 0 radical (unpaired) electrons. The van der Waals surface area contributed by atoms with Crippen molar-refractivity contribution in [2.75, 3.05) is 6.61 Å². The van der Waals surface area contributed by atoms with Crippen molar-refractivity contribution < 1.29 is 14.3 Å². The van der Waals surface area contributed by atoms with Gasteiger partial charge in [-0.25, -0.2) is 4.79 Å². The number of hydrogen-bond acceptors (Lipinski definition) is 3. The lowest BCUT2D eigenvalue weighted by Gasteiger charge is -2.09. The highest BCUT2D eigenvalue weighted by Gasteiger charge is 2.16. The van der Waals surface area contributed by atoms with E-state index >= 15 is 0 Å². The molecule has 0 heterocycles. The molecule has 0 N–H and O–H groups in total. The predicted octanol–water partition coefficient (Wildman–Crippen LogP) is 3.48. The lowest BCUT2D eigenvalue weighted by Crippen LogP contribution is -2.12. The van der Waals surface area contributed by atoms with Crippen LogP contribution in [0.4, 0.5) is 0 Å². The molecule has 0 aromatic heterocycles. The van der Waals surface area contributed by atoms with Crippen LogP contribution in [0.2, 0.25) is 0 Å². The van der Waals surface area contributed by atoms with Crippen LogP contribution in [-0.2, 0) is 4.74 Å². The number of hydrogen-bond donors (Lipinski definition) is 0. The number of Topliss-reactive ketones (excluding diaryl/α,β-unsaturated/α-hetero) is 1. The second kappa shape index (κ2) is 6.94. The number of benzene rings is 1. The second-order valence-corrected chi connectivity index (χ2v) is 4.36. The molecule has 0 fully saturated rings. The Morgan fingerprint density at radius 3 is 2.50 bits per heavy atom. The van der Waals surface area contributed by atoms with E-state index in [1.807, 2.05) is 6.92 Å². The molecule has 98 valence electrons. The third-order valence-electron chi connectivity index (χ3n) is 2.83. The summed E-state index contributed by atoms with van der Waals surface area (Å²) in [6, 6.07) is 6.75. The molecule has 18 heavy (non-hydrogen) atoms. The van der Waals surface area contributed by atoms with Gasteiger partial charge in [0.05, 0.1) is 12.2 Å². The number of esters is 1. The van der Waals surface area contributed by atoms with Gasteiger partial charge < -0.3 is 4.74 Å². The molecule has 0 spiro atoms. The van der Waals surface area contributed by atoms with Gasteiger partial charge in [-0.1, -0.05) is 32.4 Å². The van der Waals surface area contributed by atoms with Gasteiger partial charge in [0.25, 0.3) is 0 Å². The van der Waals surface area contributed by atoms with Gasteiger partial charge in [0.1, 0.15) is 0 Å². The first kappa shape index (κ1) is 14.4. The zero-order valence-electron chi connectivity index (χ0n) is 11.2. The van der Waals surface area contributed by atoms with Crippen molar-refractivity contribution in [2.24, 2.45) is 5.92 Å². The Morgan fingerprint density at radius 1 is 1.22 bits per heavy atom. The Labute approximate surface area is 108 Å². The maximum Gasteiger partial charge on any atom is 0.338 e. The van der Waals surface area contributed by atoms with Crippen LogP contribution in [0.3, 0.4) is 0 Å². The van der Waals surface area contributed by atoms with Crippen molar-refractivity contribution in [1.29, 1.82) is 0 Å². The van der Waals surface area contributed by atoms with E-state index in [1.54, 1.807) is 31.2 Å². The summed E-state index contributed by atoms with van der Waals surface area (Å²) in [6.45, 7) is 6.07. The van der Waals surface area contributed by atoms with Gasteiger partial charge in [-0.15, -0.1) is 0 Å². The summed E-state index contributed by atoms with van der Waals surface area (Å²) in [5, 5.41) is 0. The van der Waals surface area contributed by atoms with Crippen molar-refractivity contribution in [3.63, 3.8) is 0 Å². The van der Waals surface area contributed by atoms with E-state index in [1.165, 1.54) is 0 Å². The third-order valence-corrected chi connectivity index (χ3v) is 2.83. The topological polar surface area (TPSA) is 43.4 Å². The Hall–Kier alpha value is -1.64. The zero-order valence-corrected chi connectivity index (χ0v) is 11.2. The van der Waals surface area contributed by atoms with E-state index in [0.717, 1.165) is 12.8 Å². The first-order valence-corrected chi connectivity index (χ1v) is 6.41. The van der Waals surface area contributed by atoms with E-state index in [4.69, 9.17) is 4.74 Å². The number of ether oxygens (including phenoxy) is 1. The van der Waals surface area contributed by atoms with Crippen LogP contribution < -0.4 is 0 Å². The van der Waals surface area contributed by atoms with Gasteiger partial charge in [-0.3, -0.25) is 4.79 Å². The minimum atomic E-state index is -0.379. The lowest BCUT2D eigenvalue weighted by molar-refractivity contribution is 0.0526. The minimum absolute atomic E-state index is 0.00699. The summed E-state index contributed by atoms with van der Waals surface area (Å²) in [5.74, 6) is -0.300. The standard InChI is InChI=1S/C15H20O3/c1-4-7-11(3)14(16)12-8-6-9-13(10-12)15(17)18-5-2/h6,8-11H,4-5,7H2,1-3H3. The van der Waals surface area contributed by atoms with Gasteiger partial charge in [0.15, 0.2) is 5.78 Å². The summed E-state index contributed by atoms with van der Waals surface area (Å²) < 4.78 is 4.92. The summed E-state index contributed by atoms with van der Waals surface area (Å²) in [5.41, 5.74) is 1.02. The Kier molecular flexibility index (Phi) is 5.56. The molecule has 3 nitrogen and oxygen atoms in total. The van der Waals surface area contributed by atoms with E-state index in [0.29, 0.717) is 17.7 Å². The molecular formula is C15H20O3. The molecule has 0 saturated heterocycles. The van der Waals surface area contributed by atoms with Crippen molar-refractivity contribution in [1.82, 2.24) is 0 Å². The molecular weight excluding hydrogens is 228 g/mol. The van der Waals surface area contributed by atoms with E-state index in [9.17, 15) is 9.59 Å². The normalized spacial score (nSPS) is 11.9. The monoisotopic (exact) mass is 248 g/mol. The van der Waals surface area contributed by atoms with E-state index < -0.39 is 0 Å². The van der Waals surface area contributed by atoms with Crippen molar-refractivity contribution in [3.8, 4) is 0 Å². The smallest absolute Gasteiger partial charge is 0.338 e. The molecule has 1 unspecified atom stereocenters. The molecule has 0 aliphatic heterocycles. The summed E-state index contributed by atoms with van der Waals surface area (Å²) in [4.78, 5) is 23.7. The van der Waals surface area contributed by atoms with Crippen LogP contribution in [0.1, 0.15) is 54.3 Å². The SMILES string of the molecule is CCCC(C)C(=O)c1cccc(C(=O)OCC)c1. The molecule has 0 amide bonds. The zero-order chi connectivity index (χ0) is 13.5. The molecule has 1 aromatic carbocycles. The van der Waals surface area contributed by atoms with Gasteiger partial charge in [0, 0.05) is 11.5 Å². The van der Waals surface area contributed by atoms with Crippen LogP contribution >= 0.6 is 0 Å². The van der Waals surface area contributed by atoms with Gasteiger partial charge in [-0.2, -0.15) is 0 Å². The van der Waals surface area contributed by atoms with E-state index in [-0.39, 0.29) is 17.7 Å². The first-order valence-electron chi connectivity index (χ1n) is 6.41. The molecule has 1 atom stereocenters. The highest BCUT2D eigenvalue weighted by atomic mass is 16.5. The third kappa shape index (κ3) is 3.69. The highest BCUT2D eigenvalue weighted by molar-refractivity contribution is 6.00. The largest absolute Gasteiger partial charge is 0.462 e. The highest BCUT2D eigenvalue weighted by Crippen LogP contribution is 2.15. The van der Waals surface area contributed by atoms with Crippen molar-refractivity contribution in [3.05, 3.63) is 35.4 Å². The molecule has 1 rings (SSSR count). The summed E-state index contributed by atoms with van der Waals surface area (Å²) in [7, 11) is 0. The quantitative estimate of drug-likeness (QED) is 0.571. The predicted molar refractivity (Wildman–Crippen MR) is 70.8 cm³/mol. The number of carbonyl (C=O) groups is 2. The minimum Gasteiger partial charge on any atom is -0.462 e. The van der Waals surface area contributed by atoms with Crippen molar-refractivity contribution in [2.45, 2.75) is 33.6 Å². The average Bonchev–Trinajstić information content (AvgIpc) is 2.38. The fourth-order valence-electron chi connectivity index (χ4n) is 1.86. The molecule has 0 saturated carbocycles. The van der Waals surface area contributed by atoms with Crippen LogP contribution in [0.15, 0.2) is 24.3 Å². The van der Waals surface area contributed by atoms with Gasteiger partial charge in [-0.05, 0) is 25.5 Å². The van der Waals surface area contributed by atoms with Gasteiger partial charge >= 0.3 is 5.97 Å². The lowest BCUT2D eigenvalue weighted by atomic mass is 9.94. The molecule has 3 heteroatoms. The van der Waals surface area contributed by atoms with E-state index in [2.05, 4.69) is 6.92 Å². The summed E-state index contributed by atoms with van der Waals surface area (Å²) in [6.07, 6.45) is 1.84. The van der Waals surface area contributed by atoms with Crippen LogP contribution in [-0.4, -0.2) is 18.4 Å². The fraction of sp³-hybridized carbons (Fsp3) is 0.467. The maximum atomic E-state index is 12.1. The summed E-state index contributed by atoms with van der Waals surface area (Å²) >= 11 is 0. The average molecular weight is 248 g/mol. The Morgan fingerprint density at radius 2 is 1.89 bits per heavy atom. The number of ketones is 1. The number of carbonyl (C=O) groups excluding carboxylic acids is 2. The Balaban J connectivity index is 2.88. The van der Waals surface area contributed by atoms with Crippen molar-refractivity contribution >= 4 is 11.8 Å². The molecule has 0 aliphatic carbocycles. The molecule has 0 bridgehead atoms. The fourth-order valence-corrected chi connectivity index (χ4v) is 1.86. The van der Waals surface area contributed by atoms with Crippen LogP contribution in [0.5, 0.6) is 0 Å². The Bertz CT molecular complexity index is 424. The molecule has 1 aromatic rings. The van der Waals surface area contributed by atoms with Gasteiger partial charge in [0.2, 0.25) is 0 Å². The van der Waals surface area contributed by atoms with Crippen LogP contribution in [0, 0.1) is 5.92 Å². The number of rotatable bonds is 6. The maximum absolute atomic E-state index is 12.1. The van der Waals surface area contributed by atoms with Crippen LogP contribution in [0.25, 0.3) is 0 Å².